The van der Waals surface area contributed by atoms with E-state index in [1.54, 1.807) is 25.3 Å². The quantitative estimate of drug-likeness (QED) is 0.772. The van der Waals surface area contributed by atoms with E-state index in [9.17, 15) is 4.79 Å². The zero-order valence-electron chi connectivity index (χ0n) is 15.7. The minimum atomic E-state index is -0.0835. The molecule has 6 nitrogen and oxygen atoms in total. The Morgan fingerprint density at radius 3 is 2.70 bits per heavy atom. The van der Waals surface area contributed by atoms with Gasteiger partial charge in [-0.1, -0.05) is 29.6 Å². The lowest BCUT2D eigenvalue weighted by Gasteiger charge is -2.40. The molecule has 1 aromatic carbocycles. The van der Waals surface area contributed by atoms with E-state index in [0.717, 1.165) is 31.0 Å². The van der Waals surface area contributed by atoms with Crippen LogP contribution in [0.2, 0.25) is 5.02 Å². The van der Waals surface area contributed by atoms with Crippen molar-refractivity contribution in [3.05, 3.63) is 40.5 Å². The van der Waals surface area contributed by atoms with Gasteiger partial charge in [-0.2, -0.15) is 4.98 Å². The molecule has 0 radical (unpaired) electrons. The number of piperidine rings is 1. The number of nitrogens with zero attached hydrogens (tertiary/aromatic N) is 3. The van der Waals surface area contributed by atoms with Crippen LogP contribution < -0.4 is 4.74 Å². The summed E-state index contributed by atoms with van der Waals surface area (Å²) in [4.78, 5) is 19.5. The molecule has 2 fully saturated rings. The summed E-state index contributed by atoms with van der Waals surface area (Å²) in [6, 6.07) is 5.14. The summed E-state index contributed by atoms with van der Waals surface area (Å²) in [5.74, 6) is 2.65. The smallest absolute Gasteiger partial charge is 0.257 e. The van der Waals surface area contributed by atoms with Crippen LogP contribution in [0.25, 0.3) is 0 Å². The molecule has 27 heavy (non-hydrogen) atoms. The third kappa shape index (κ3) is 3.68. The largest absolute Gasteiger partial charge is 0.496 e. The molecule has 1 amide bonds. The fourth-order valence-corrected chi connectivity index (χ4v) is 4.22. The van der Waals surface area contributed by atoms with Crippen LogP contribution in [0.15, 0.2) is 22.7 Å². The van der Waals surface area contributed by atoms with E-state index in [2.05, 4.69) is 10.1 Å². The first-order valence-corrected chi connectivity index (χ1v) is 9.82. The van der Waals surface area contributed by atoms with Crippen molar-refractivity contribution in [1.82, 2.24) is 15.0 Å². The van der Waals surface area contributed by atoms with E-state index in [-0.39, 0.29) is 11.3 Å². The second-order valence-corrected chi connectivity index (χ2v) is 8.14. The third-order valence-corrected chi connectivity index (χ3v) is 6.02. The number of amides is 1. The topological polar surface area (TPSA) is 68.5 Å². The Bertz CT molecular complexity index is 839. The van der Waals surface area contributed by atoms with Gasteiger partial charge in [-0.05, 0) is 43.4 Å². The molecule has 0 atom stereocenters. The van der Waals surface area contributed by atoms with E-state index in [1.807, 2.05) is 11.8 Å². The lowest BCUT2D eigenvalue weighted by molar-refractivity contribution is 0.0642. The van der Waals surface area contributed by atoms with Crippen molar-refractivity contribution in [3.8, 4) is 5.75 Å². The van der Waals surface area contributed by atoms with E-state index < -0.39 is 0 Å². The Morgan fingerprint density at radius 1 is 1.37 bits per heavy atom. The minimum absolute atomic E-state index is 0.0205. The first kappa shape index (κ1) is 18.3. The molecule has 4 rings (SSSR count). The van der Waals surface area contributed by atoms with Gasteiger partial charge >= 0.3 is 0 Å². The minimum Gasteiger partial charge on any atom is -0.496 e. The van der Waals surface area contributed by atoms with Crippen LogP contribution in [0.3, 0.4) is 0 Å². The highest BCUT2D eigenvalue weighted by Crippen LogP contribution is 2.46. The SMILES string of the molecule is COc1cc(Cl)ccc1C(=O)N1CCC(CC2CC2)(c2noc(C)n2)CC1. The maximum Gasteiger partial charge on any atom is 0.257 e. The molecule has 1 aromatic heterocycles. The van der Waals surface area contributed by atoms with Crippen molar-refractivity contribution >= 4 is 17.5 Å². The normalized spacial score (nSPS) is 19.1. The monoisotopic (exact) mass is 389 g/mol. The Labute approximate surface area is 163 Å². The van der Waals surface area contributed by atoms with Gasteiger partial charge < -0.3 is 14.2 Å². The molecular weight excluding hydrogens is 366 g/mol. The number of rotatable bonds is 5. The standard InChI is InChI=1S/C20H24ClN3O3/c1-13-22-19(23-27-13)20(12-14-3-4-14)7-9-24(10-8-20)18(25)16-6-5-15(21)11-17(16)26-2/h5-6,11,14H,3-4,7-10,12H2,1-2H3. The molecule has 1 saturated heterocycles. The Balaban J connectivity index is 1.52. The highest BCUT2D eigenvalue weighted by atomic mass is 35.5. The molecular formula is C20H24ClN3O3. The third-order valence-electron chi connectivity index (χ3n) is 5.78. The molecule has 2 aromatic rings. The molecule has 144 valence electrons. The highest BCUT2D eigenvalue weighted by molar-refractivity contribution is 6.30. The van der Waals surface area contributed by atoms with Gasteiger partial charge in [0.15, 0.2) is 5.82 Å². The summed E-state index contributed by atoms with van der Waals surface area (Å²) in [7, 11) is 1.55. The summed E-state index contributed by atoms with van der Waals surface area (Å²) in [5, 5.41) is 4.79. The number of halogens is 1. The summed E-state index contributed by atoms with van der Waals surface area (Å²) in [5.41, 5.74) is 0.465. The van der Waals surface area contributed by atoms with Gasteiger partial charge in [-0.15, -0.1) is 0 Å². The van der Waals surface area contributed by atoms with Crippen molar-refractivity contribution in [2.75, 3.05) is 20.2 Å². The Kier molecular flexibility index (Phi) is 4.84. The zero-order chi connectivity index (χ0) is 19.0. The maximum absolute atomic E-state index is 13.0. The van der Waals surface area contributed by atoms with Crippen molar-refractivity contribution < 1.29 is 14.1 Å². The van der Waals surface area contributed by atoms with Crippen LogP contribution in [0.4, 0.5) is 0 Å². The average molecular weight is 390 g/mol. The summed E-state index contributed by atoms with van der Waals surface area (Å²) in [6.45, 7) is 3.17. The fraction of sp³-hybridized carbons (Fsp3) is 0.550. The molecule has 0 spiro atoms. The molecule has 1 aliphatic carbocycles. The molecule has 0 unspecified atom stereocenters. The number of methoxy groups -OCH3 is 1. The van der Waals surface area contributed by atoms with Crippen LogP contribution in [-0.4, -0.2) is 41.1 Å². The van der Waals surface area contributed by atoms with Gasteiger partial charge in [0, 0.05) is 30.5 Å². The average Bonchev–Trinajstić information content (AvgIpc) is 3.37. The van der Waals surface area contributed by atoms with Crippen LogP contribution in [0.5, 0.6) is 5.75 Å². The maximum atomic E-state index is 13.0. The molecule has 1 saturated carbocycles. The van der Waals surface area contributed by atoms with Gasteiger partial charge in [0.2, 0.25) is 5.89 Å². The summed E-state index contributed by atoms with van der Waals surface area (Å²) in [6.07, 6.45) is 5.35. The van der Waals surface area contributed by atoms with Gasteiger partial charge in [-0.3, -0.25) is 4.79 Å². The lowest BCUT2D eigenvalue weighted by atomic mass is 9.73. The number of hydrogen-bond acceptors (Lipinski definition) is 5. The molecule has 0 bridgehead atoms. The molecule has 2 heterocycles. The van der Waals surface area contributed by atoms with Crippen molar-refractivity contribution in [3.63, 3.8) is 0 Å². The van der Waals surface area contributed by atoms with Gasteiger partial charge in [0.1, 0.15) is 5.75 Å². The van der Waals surface area contributed by atoms with Crippen molar-refractivity contribution in [1.29, 1.82) is 0 Å². The number of carbonyl (C=O) groups is 1. The summed E-state index contributed by atoms with van der Waals surface area (Å²) >= 11 is 6.02. The molecule has 2 aliphatic rings. The molecule has 0 N–H and O–H groups in total. The second kappa shape index (κ2) is 7.15. The fourth-order valence-electron chi connectivity index (χ4n) is 4.06. The van der Waals surface area contributed by atoms with E-state index in [1.165, 1.54) is 12.8 Å². The number of aromatic nitrogens is 2. The summed E-state index contributed by atoms with van der Waals surface area (Å²) < 4.78 is 10.6. The second-order valence-electron chi connectivity index (χ2n) is 7.70. The van der Waals surface area contributed by atoms with Gasteiger partial charge in [0.25, 0.3) is 5.91 Å². The number of aryl methyl sites for hydroxylation is 1. The first-order chi connectivity index (χ1) is 13.0. The van der Waals surface area contributed by atoms with Crippen molar-refractivity contribution in [2.24, 2.45) is 5.92 Å². The first-order valence-electron chi connectivity index (χ1n) is 9.44. The molecule has 7 heteroatoms. The van der Waals surface area contributed by atoms with Crippen LogP contribution in [0, 0.1) is 12.8 Å². The number of hydrogen-bond donors (Lipinski definition) is 0. The van der Waals surface area contributed by atoms with E-state index in [4.69, 9.17) is 20.9 Å². The lowest BCUT2D eigenvalue weighted by Crippen LogP contribution is -2.46. The Morgan fingerprint density at radius 2 is 2.11 bits per heavy atom. The van der Waals surface area contributed by atoms with Crippen molar-refractivity contribution in [2.45, 2.75) is 44.4 Å². The number of ether oxygens (including phenoxy) is 1. The highest BCUT2D eigenvalue weighted by Gasteiger charge is 2.44. The van der Waals surface area contributed by atoms with Crippen LogP contribution >= 0.6 is 11.6 Å². The van der Waals surface area contributed by atoms with Crippen LogP contribution in [-0.2, 0) is 5.41 Å². The molecule has 1 aliphatic heterocycles. The van der Waals surface area contributed by atoms with Crippen LogP contribution in [0.1, 0.15) is 54.2 Å². The predicted octanol–water partition coefficient (Wildman–Crippen LogP) is 4.01. The number of likely N-dealkylation sites (tertiary alicyclic amines) is 1. The number of benzene rings is 1. The van der Waals surface area contributed by atoms with Gasteiger partial charge in [0.05, 0.1) is 12.7 Å². The van der Waals surface area contributed by atoms with E-state index in [0.29, 0.717) is 35.3 Å². The van der Waals surface area contributed by atoms with E-state index >= 15 is 0 Å². The number of carbonyl (C=O) groups excluding carboxylic acids is 1. The van der Waals surface area contributed by atoms with Gasteiger partial charge in [-0.25, -0.2) is 0 Å². The zero-order valence-corrected chi connectivity index (χ0v) is 16.5. The Hall–Kier alpha value is -2.08. The predicted molar refractivity (Wildman–Crippen MR) is 101 cm³/mol.